The van der Waals surface area contributed by atoms with Gasteiger partial charge in [-0.25, -0.2) is 0 Å². The molecule has 3 rings (SSSR count). The van der Waals surface area contributed by atoms with E-state index in [-0.39, 0.29) is 11.9 Å². The molecule has 1 saturated heterocycles. The molecular formula is C18H26N2O2. The molecule has 2 fully saturated rings. The van der Waals surface area contributed by atoms with E-state index in [1.54, 1.807) is 0 Å². The molecule has 1 amide bonds. The van der Waals surface area contributed by atoms with Gasteiger partial charge in [-0.05, 0) is 62.6 Å². The SMILES string of the molecule is O=C1NCCCCC1NCc1cccc(OC2CCCC2)c1. The Labute approximate surface area is 132 Å². The van der Waals surface area contributed by atoms with Crippen molar-refractivity contribution in [3.63, 3.8) is 0 Å². The first-order valence-electron chi connectivity index (χ1n) is 8.58. The molecule has 2 N–H and O–H groups in total. The highest BCUT2D eigenvalue weighted by Gasteiger charge is 2.20. The van der Waals surface area contributed by atoms with E-state index in [0.29, 0.717) is 12.6 Å². The van der Waals surface area contributed by atoms with E-state index in [1.807, 2.05) is 12.1 Å². The molecule has 4 nitrogen and oxygen atoms in total. The summed E-state index contributed by atoms with van der Waals surface area (Å²) in [5.41, 5.74) is 1.17. The fourth-order valence-electron chi connectivity index (χ4n) is 3.30. The summed E-state index contributed by atoms with van der Waals surface area (Å²) in [5, 5.41) is 6.35. The molecule has 1 heterocycles. The van der Waals surface area contributed by atoms with Crippen LogP contribution in [-0.2, 0) is 11.3 Å². The van der Waals surface area contributed by atoms with Crippen molar-refractivity contribution in [1.29, 1.82) is 0 Å². The number of hydrogen-bond acceptors (Lipinski definition) is 3. The van der Waals surface area contributed by atoms with Crippen molar-refractivity contribution in [3.8, 4) is 5.75 Å². The van der Waals surface area contributed by atoms with Crippen molar-refractivity contribution < 1.29 is 9.53 Å². The number of ether oxygens (including phenoxy) is 1. The van der Waals surface area contributed by atoms with Crippen LogP contribution in [0.4, 0.5) is 0 Å². The normalized spacial score (nSPS) is 23.1. The molecule has 1 aromatic rings. The minimum absolute atomic E-state index is 0.0677. The number of carbonyl (C=O) groups excluding carboxylic acids is 1. The fourth-order valence-corrected chi connectivity index (χ4v) is 3.30. The van der Waals surface area contributed by atoms with Crippen molar-refractivity contribution in [2.45, 2.75) is 63.6 Å². The summed E-state index contributed by atoms with van der Waals surface area (Å²) in [6, 6.07) is 8.18. The molecule has 0 spiro atoms. The summed E-state index contributed by atoms with van der Waals surface area (Å²) in [6.45, 7) is 1.52. The van der Waals surface area contributed by atoms with Crippen molar-refractivity contribution in [3.05, 3.63) is 29.8 Å². The highest BCUT2D eigenvalue weighted by Crippen LogP contribution is 2.24. The zero-order valence-corrected chi connectivity index (χ0v) is 13.1. The quantitative estimate of drug-likeness (QED) is 0.879. The van der Waals surface area contributed by atoms with Crippen LogP contribution in [0.25, 0.3) is 0 Å². The Morgan fingerprint density at radius 2 is 1.95 bits per heavy atom. The van der Waals surface area contributed by atoms with Crippen LogP contribution >= 0.6 is 0 Å². The molecule has 0 bridgehead atoms. The Bertz CT molecular complexity index is 498. The Hall–Kier alpha value is -1.55. The predicted octanol–water partition coefficient (Wildman–Crippen LogP) is 2.77. The fraction of sp³-hybridized carbons (Fsp3) is 0.611. The maximum Gasteiger partial charge on any atom is 0.237 e. The minimum atomic E-state index is -0.0677. The molecule has 2 aliphatic rings. The van der Waals surface area contributed by atoms with Crippen LogP contribution in [0.15, 0.2) is 24.3 Å². The van der Waals surface area contributed by atoms with E-state index >= 15 is 0 Å². The molecule has 0 aromatic heterocycles. The summed E-state index contributed by atoms with van der Waals surface area (Å²) in [4.78, 5) is 11.9. The minimum Gasteiger partial charge on any atom is -0.490 e. The third-order valence-corrected chi connectivity index (χ3v) is 4.59. The summed E-state index contributed by atoms with van der Waals surface area (Å²) in [7, 11) is 0. The average Bonchev–Trinajstić information content (AvgIpc) is 2.94. The zero-order valence-electron chi connectivity index (χ0n) is 13.1. The smallest absolute Gasteiger partial charge is 0.237 e. The van der Waals surface area contributed by atoms with E-state index in [2.05, 4.69) is 22.8 Å². The molecular weight excluding hydrogens is 276 g/mol. The van der Waals surface area contributed by atoms with Crippen molar-refractivity contribution >= 4 is 5.91 Å². The Morgan fingerprint density at radius 3 is 2.82 bits per heavy atom. The standard InChI is InChI=1S/C18H26N2O2/c21-18-17(10-3-4-11-19-18)20-13-14-6-5-9-16(12-14)22-15-7-1-2-8-15/h5-6,9,12,15,17,20H,1-4,7-8,10-11,13H2,(H,19,21). The van der Waals surface area contributed by atoms with Gasteiger partial charge in [-0.1, -0.05) is 12.1 Å². The third kappa shape index (κ3) is 4.23. The number of carbonyl (C=O) groups is 1. The summed E-state index contributed by atoms with van der Waals surface area (Å²) in [5.74, 6) is 1.09. The lowest BCUT2D eigenvalue weighted by atomic mass is 10.1. The van der Waals surface area contributed by atoms with Crippen molar-refractivity contribution in [1.82, 2.24) is 10.6 Å². The van der Waals surface area contributed by atoms with Gasteiger partial charge in [0.15, 0.2) is 0 Å². The molecule has 4 heteroatoms. The van der Waals surface area contributed by atoms with Crippen molar-refractivity contribution in [2.24, 2.45) is 0 Å². The molecule has 1 atom stereocenters. The van der Waals surface area contributed by atoms with Gasteiger partial charge in [-0.3, -0.25) is 4.79 Å². The average molecular weight is 302 g/mol. The van der Waals surface area contributed by atoms with Crippen LogP contribution in [0.5, 0.6) is 5.75 Å². The van der Waals surface area contributed by atoms with Gasteiger partial charge in [0.05, 0.1) is 12.1 Å². The topological polar surface area (TPSA) is 50.4 Å². The lowest BCUT2D eigenvalue weighted by Crippen LogP contribution is -2.42. The van der Waals surface area contributed by atoms with Gasteiger partial charge < -0.3 is 15.4 Å². The Morgan fingerprint density at radius 1 is 1.14 bits per heavy atom. The highest BCUT2D eigenvalue weighted by atomic mass is 16.5. The number of hydrogen-bond donors (Lipinski definition) is 2. The van der Waals surface area contributed by atoms with Gasteiger partial charge in [0.2, 0.25) is 5.91 Å². The van der Waals surface area contributed by atoms with Gasteiger partial charge in [-0.2, -0.15) is 0 Å². The lowest BCUT2D eigenvalue weighted by molar-refractivity contribution is -0.122. The van der Waals surface area contributed by atoms with Gasteiger partial charge in [0, 0.05) is 13.1 Å². The van der Waals surface area contributed by atoms with E-state index in [0.717, 1.165) is 31.6 Å². The molecule has 1 aliphatic carbocycles. The van der Waals surface area contributed by atoms with E-state index in [9.17, 15) is 4.79 Å². The van der Waals surface area contributed by atoms with Gasteiger partial charge in [0.1, 0.15) is 5.75 Å². The van der Waals surface area contributed by atoms with Gasteiger partial charge in [-0.15, -0.1) is 0 Å². The molecule has 22 heavy (non-hydrogen) atoms. The van der Waals surface area contributed by atoms with Crippen LogP contribution < -0.4 is 15.4 Å². The maximum atomic E-state index is 11.9. The van der Waals surface area contributed by atoms with Crippen LogP contribution in [0.2, 0.25) is 0 Å². The zero-order chi connectivity index (χ0) is 15.2. The van der Waals surface area contributed by atoms with Crippen LogP contribution in [0, 0.1) is 0 Å². The molecule has 1 aromatic carbocycles. The van der Waals surface area contributed by atoms with E-state index in [4.69, 9.17) is 4.74 Å². The summed E-state index contributed by atoms with van der Waals surface area (Å²) in [6.07, 6.45) is 8.39. The monoisotopic (exact) mass is 302 g/mol. The van der Waals surface area contributed by atoms with Crippen LogP contribution in [0.1, 0.15) is 50.5 Å². The molecule has 0 radical (unpaired) electrons. The summed E-state index contributed by atoms with van der Waals surface area (Å²) >= 11 is 0. The first kappa shape index (κ1) is 15.3. The van der Waals surface area contributed by atoms with Gasteiger partial charge >= 0.3 is 0 Å². The maximum absolute atomic E-state index is 11.9. The van der Waals surface area contributed by atoms with Gasteiger partial charge in [0.25, 0.3) is 0 Å². The molecule has 120 valence electrons. The Kier molecular flexibility index (Phi) is 5.33. The second-order valence-corrected chi connectivity index (χ2v) is 6.39. The number of rotatable bonds is 5. The number of amides is 1. The molecule has 1 aliphatic heterocycles. The summed E-state index contributed by atoms with van der Waals surface area (Å²) < 4.78 is 6.04. The Balaban J connectivity index is 1.54. The number of nitrogens with one attached hydrogen (secondary N) is 2. The molecule has 1 saturated carbocycles. The van der Waals surface area contributed by atoms with Crippen LogP contribution in [-0.4, -0.2) is 24.6 Å². The number of benzene rings is 1. The van der Waals surface area contributed by atoms with Crippen molar-refractivity contribution in [2.75, 3.05) is 6.54 Å². The third-order valence-electron chi connectivity index (χ3n) is 4.59. The van der Waals surface area contributed by atoms with E-state index in [1.165, 1.54) is 31.2 Å². The lowest BCUT2D eigenvalue weighted by Gasteiger charge is -2.16. The van der Waals surface area contributed by atoms with Crippen LogP contribution in [0.3, 0.4) is 0 Å². The molecule has 1 unspecified atom stereocenters. The second kappa shape index (κ2) is 7.63. The first-order valence-corrected chi connectivity index (χ1v) is 8.58. The second-order valence-electron chi connectivity index (χ2n) is 6.39. The predicted molar refractivity (Wildman–Crippen MR) is 86.8 cm³/mol. The largest absolute Gasteiger partial charge is 0.490 e. The first-order chi connectivity index (χ1) is 10.8. The van der Waals surface area contributed by atoms with E-state index < -0.39 is 0 Å². The highest BCUT2D eigenvalue weighted by molar-refractivity contribution is 5.81.